The smallest absolute Gasteiger partial charge is 0.490 e. The van der Waals surface area contributed by atoms with Crippen molar-refractivity contribution in [1.82, 2.24) is 25.0 Å². The Kier molecular flexibility index (Phi) is 17.3. The molecule has 11 N–H and O–H groups in total. The van der Waals surface area contributed by atoms with Gasteiger partial charge in [-0.2, -0.15) is 30.7 Å². The third-order valence-corrected chi connectivity index (χ3v) is 8.87. The number of nitrogens with two attached hydrogens (primary N) is 3. The molecule has 2 unspecified atom stereocenters. The van der Waals surface area contributed by atoms with Crippen LogP contribution in [-0.4, -0.2) is 98.4 Å². The number of aliphatic carboxylic acids is 2. The number of imidazole rings is 1. The molecule has 62 heavy (non-hydrogen) atoms. The molecule has 2 aromatic heterocycles. The number of nitrogens with one attached hydrogen (secondary N) is 3. The summed E-state index contributed by atoms with van der Waals surface area (Å²) in [5.41, 5.74) is 19.5. The van der Waals surface area contributed by atoms with Gasteiger partial charge in [-0.1, -0.05) is 6.92 Å². The number of carboxylic acids is 2. The number of methoxy groups -OCH3 is 1. The van der Waals surface area contributed by atoms with Crippen LogP contribution in [-0.2, 0) is 20.8 Å². The zero-order valence-corrected chi connectivity index (χ0v) is 32.8. The summed E-state index contributed by atoms with van der Waals surface area (Å²) in [6.07, 6.45) is -1.87. The highest BCUT2D eigenvalue weighted by atomic mass is 19.4. The summed E-state index contributed by atoms with van der Waals surface area (Å²) in [6, 6.07) is 7.35. The van der Waals surface area contributed by atoms with Gasteiger partial charge in [-0.05, 0) is 74.4 Å². The molecule has 338 valence electrons. The van der Waals surface area contributed by atoms with Gasteiger partial charge in [0.1, 0.15) is 0 Å². The van der Waals surface area contributed by atoms with Crippen LogP contribution in [0.1, 0.15) is 54.9 Å². The molecule has 1 fully saturated rings. The summed E-state index contributed by atoms with van der Waals surface area (Å²) in [5.74, 6) is -7.86. The number of carboxylic acid groups (broad SMARTS) is 2. The molecule has 0 aliphatic heterocycles. The maximum Gasteiger partial charge on any atom is 0.490 e. The van der Waals surface area contributed by atoms with Crippen LogP contribution in [0.2, 0.25) is 0 Å². The molecule has 2 aromatic carbocycles. The number of carbonyl (C=O) groups is 4. The molecule has 17 nitrogen and oxygen atoms in total. The standard InChI is InChI=1S/C33H40F2N10O3.2C2HF3O2/c1-3-18-15-19(42-29-30-41-17-25(45(30)14-13-39-29)23-10-11-26(48-2)28(35)27(23)34)8-9-22(18)31(46)43-20-6-7-21(16-20)44-32(47)24(36)5-4-12-40-33(37)38;2*3-2(4,5)1(6)7/h8-11,13-15,17,20-21,24H,3-7,12,16,36H2,1-2H3,(H,39,42)(H,43,46)(H,44,47)(H4,37,38,40);2*(H,6,7)/t20?,21?,24-;;/m1../s1. The monoisotopic (exact) mass is 890 g/mol. The largest absolute Gasteiger partial charge is 0.494 e. The van der Waals surface area contributed by atoms with Crippen molar-refractivity contribution >= 4 is 46.9 Å². The quantitative estimate of drug-likeness (QED) is 0.0401. The molecule has 4 aromatic rings. The van der Waals surface area contributed by atoms with E-state index in [-0.39, 0.29) is 41.2 Å². The molecule has 0 bridgehead atoms. The maximum atomic E-state index is 14.9. The van der Waals surface area contributed by atoms with Gasteiger partial charge in [0.25, 0.3) is 5.91 Å². The first-order valence-electron chi connectivity index (χ1n) is 18.2. The molecule has 2 heterocycles. The number of nitrogens with zero attached hydrogens (tertiary/aromatic N) is 4. The Morgan fingerprint density at radius 3 is 2.13 bits per heavy atom. The normalized spacial score (nSPS) is 15.2. The first-order chi connectivity index (χ1) is 29.0. The number of aromatic nitrogens is 3. The average Bonchev–Trinajstić information content (AvgIpc) is 3.84. The van der Waals surface area contributed by atoms with Crippen molar-refractivity contribution in [3.05, 3.63) is 71.7 Å². The molecule has 25 heteroatoms. The SMILES string of the molecule is CCc1cc(Nc2nccn3c(-c4ccc(OC)c(F)c4F)cnc23)ccc1C(=O)NC1CCC(NC(=O)[C@H](N)CCCN=C(N)N)C1.O=C(O)C(F)(F)F.O=C(O)C(F)(F)F. The zero-order chi connectivity index (χ0) is 46.5. The van der Waals surface area contributed by atoms with E-state index in [9.17, 15) is 44.7 Å². The number of guanidine groups is 1. The highest BCUT2D eigenvalue weighted by molar-refractivity contribution is 5.96. The lowest BCUT2D eigenvalue weighted by Crippen LogP contribution is -2.45. The van der Waals surface area contributed by atoms with Crippen molar-refractivity contribution in [2.45, 2.75) is 75.9 Å². The van der Waals surface area contributed by atoms with Crippen LogP contribution in [0.15, 0.2) is 53.9 Å². The fourth-order valence-electron chi connectivity index (χ4n) is 5.88. The van der Waals surface area contributed by atoms with E-state index in [1.165, 1.54) is 31.6 Å². The number of fused-ring (bicyclic) bond motifs is 1. The number of amides is 2. The molecule has 0 radical (unpaired) electrons. The van der Waals surface area contributed by atoms with E-state index in [0.29, 0.717) is 60.6 Å². The maximum absolute atomic E-state index is 14.9. The Hall–Kier alpha value is -6.79. The van der Waals surface area contributed by atoms with Crippen molar-refractivity contribution in [3.8, 4) is 17.0 Å². The highest BCUT2D eigenvalue weighted by Gasteiger charge is 2.39. The number of halogens is 8. The third kappa shape index (κ3) is 13.9. The number of hydrogen-bond donors (Lipinski definition) is 8. The predicted octanol–water partition coefficient (Wildman–Crippen LogP) is 4.40. The molecular formula is C37H42F8N10O7. The van der Waals surface area contributed by atoms with Crippen LogP contribution in [0, 0.1) is 11.6 Å². The second-order valence-corrected chi connectivity index (χ2v) is 13.3. The lowest BCUT2D eigenvalue weighted by Gasteiger charge is -2.18. The Morgan fingerprint density at radius 1 is 0.952 bits per heavy atom. The average molecular weight is 891 g/mol. The van der Waals surface area contributed by atoms with Gasteiger partial charge in [-0.25, -0.2) is 23.9 Å². The highest BCUT2D eigenvalue weighted by Crippen LogP contribution is 2.32. The molecule has 1 aliphatic carbocycles. The third-order valence-electron chi connectivity index (χ3n) is 8.87. The van der Waals surface area contributed by atoms with E-state index >= 15 is 0 Å². The summed E-state index contributed by atoms with van der Waals surface area (Å²) in [6.45, 7) is 2.37. The molecule has 5 rings (SSSR count). The Balaban J connectivity index is 0.000000629. The Morgan fingerprint density at radius 2 is 1.56 bits per heavy atom. The number of rotatable bonds is 13. The van der Waals surface area contributed by atoms with Crippen molar-refractivity contribution in [3.63, 3.8) is 0 Å². The number of carbonyl (C=O) groups excluding carboxylic acids is 2. The first-order valence-corrected chi connectivity index (χ1v) is 18.2. The Labute approximate surface area is 346 Å². The van der Waals surface area contributed by atoms with Crippen LogP contribution in [0.4, 0.5) is 46.6 Å². The van der Waals surface area contributed by atoms with Gasteiger partial charge in [-0.3, -0.25) is 19.0 Å². The molecule has 0 saturated heterocycles. The van der Waals surface area contributed by atoms with E-state index in [1.54, 1.807) is 22.7 Å². The van der Waals surface area contributed by atoms with Gasteiger partial charge in [0.15, 0.2) is 29.0 Å². The Bertz CT molecular complexity index is 2220. The lowest BCUT2D eigenvalue weighted by atomic mass is 10.0. The minimum absolute atomic E-state index is 0.00618. The number of aliphatic imine (C=N–C) groups is 1. The summed E-state index contributed by atoms with van der Waals surface area (Å²) >= 11 is 0. The molecular weight excluding hydrogens is 848 g/mol. The van der Waals surface area contributed by atoms with E-state index in [1.807, 2.05) is 13.0 Å². The van der Waals surface area contributed by atoms with Gasteiger partial charge < -0.3 is 48.1 Å². The van der Waals surface area contributed by atoms with Crippen molar-refractivity contribution in [2.75, 3.05) is 19.0 Å². The van der Waals surface area contributed by atoms with E-state index in [2.05, 4.69) is 30.9 Å². The molecule has 1 saturated carbocycles. The van der Waals surface area contributed by atoms with Crippen LogP contribution in [0.5, 0.6) is 5.75 Å². The van der Waals surface area contributed by atoms with Crippen molar-refractivity contribution in [2.24, 2.45) is 22.2 Å². The number of aryl methyl sites for hydroxylation is 1. The number of benzene rings is 2. The summed E-state index contributed by atoms with van der Waals surface area (Å²) in [5, 5.41) is 23.6. The molecule has 3 atom stereocenters. The van der Waals surface area contributed by atoms with Crippen molar-refractivity contribution in [1.29, 1.82) is 0 Å². The van der Waals surface area contributed by atoms with E-state index < -0.39 is 42.0 Å². The van der Waals surface area contributed by atoms with Crippen molar-refractivity contribution < 1.29 is 69.3 Å². The minimum Gasteiger partial charge on any atom is -0.494 e. The fraction of sp³-hybridized carbons (Fsp3) is 0.378. The summed E-state index contributed by atoms with van der Waals surface area (Å²) < 4.78 is 99.3. The predicted molar refractivity (Wildman–Crippen MR) is 206 cm³/mol. The van der Waals surface area contributed by atoms with Crippen LogP contribution in [0.3, 0.4) is 0 Å². The second-order valence-electron chi connectivity index (χ2n) is 13.3. The lowest BCUT2D eigenvalue weighted by molar-refractivity contribution is -0.193. The van der Waals surface area contributed by atoms with Gasteiger partial charge in [-0.15, -0.1) is 0 Å². The van der Waals surface area contributed by atoms with Gasteiger partial charge in [0.05, 0.1) is 25.0 Å². The molecule has 2 amide bonds. The minimum atomic E-state index is -5.08. The van der Waals surface area contributed by atoms with Gasteiger partial charge >= 0.3 is 24.3 Å². The van der Waals surface area contributed by atoms with Crippen LogP contribution >= 0.6 is 0 Å². The zero-order valence-electron chi connectivity index (χ0n) is 32.8. The van der Waals surface area contributed by atoms with Crippen LogP contribution < -0.4 is 37.9 Å². The van der Waals surface area contributed by atoms with Crippen LogP contribution in [0.25, 0.3) is 16.9 Å². The fourth-order valence-corrected chi connectivity index (χ4v) is 5.88. The summed E-state index contributed by atoms with van der Waals surface area (Å²) in [4.78, 5) is 56.4. The van der Waals surface area contributed by atoms with Gasteiger partial charge in [0.2, 0.25) is 11.7 Å². The summed E-state index contributed by atoms with van der Waals surface area (Å²) in [7, 11) is 1.27. The van der Waals surface area contributed by atoms with Gasteiger partial charge in [0, 0.05) is 47.8 Å². The van der Waals surface area contributed by atoms with E-state index in [4.69, 9.17) is 41.7 Å². The topological polar surface area (TPSA) is 275 Å². The first kappa shape index (κ1) is 49.6. The number of alkyl halides is 6. The second kappa shape index (κ2) is 21.6. The number of hydrogen-bond acceptors (Lipinski definition) is 10. The van der Waals surface area contributed by atoms with E-state index in [0.717, 1.165) is 18.4 Å². The molecule has 1 aliphatic rings. The molecule has 0 spiro atoms. The number of ether oxygens (including phenoxy) is 1. The number of anilines is 2.